The molecule has 116 valence electrons. The molecule has 3 nitrogen and oxygen atoms in total. The number of hydrogen-bond acceptors (Lipinski definition) is 4. The molecule has 0 atom stereocenters. The van der Waals surface area contributed by atoms with E-state index in [9.17, 15) is 13.2 Å². The van der Waals surface area contributed by atoms with Crippen LogP contribution in [0.3, 0.4) is 0 Å². The van der Waals surface area contributed by atoms with E-state index in [0.717, 1.165) is 11.6 Å². The van der Waals surface area contributed by atoms with Gasteiger partial charge < -0.3 is 5.32 Å². The first-order chi connectivity index (χ1) is 9.30. The Balaban J connectivity index is 2.45. The second kappa shape index (κ2) is 7.95. The van der Waals surface area contributed by atoms with Crippen molar-refractivity contribution in [2.24, 2.45) is 5.92 Å². The van der Waals surface area contributed by atoms with Crippen molar-refractivity contribution in [3.63, 3.8) is 0 Å². The van der Waals surface area contributed by atoms with E-state index in [1.54, 1.807) is 6.92 Å². The Kier molecular flexibility index (Phi) is 6.91. The summed E-state index contributed by atoms with van der Waals surface area (Å²) in [6, 6.07) is 0. The highest BCUT2D eigenvalue weighted by atomic mass is 32.1. The predicted octanol–water partition coefficient (Wildman–Crippen LogP) is 3.27. The Morgan fingerprint density at radius 3 is 2.65 bits per heavy atom. The molecule has 0 saturated heterocycles. The minimum atomic E-state index is -4.16. The van der Waals surface area contributed by atoms with Crippen LogP contribution in [-0.4, -0.2) is 35.7 Å². The molecule has 0 bridgehead atoms. The van der Waals surface area contributed by atoms with Gasteiger partial charge in [-0.1, -0.05) is 20.8 Å². The molecular weight excluding hydrogens is 287 g/mol. The van der Waals surface area contributed by atoms with Crippen LogP contribution in [0.2, 0.25) is 0 Å². The topological polar surface area (TPSA) is 28.2 Å². The maximum Gasteiger partial charge on any atom is 0.401 e. The van der Waals surface area contributed by atoms with E-state index >= 15 is 0 Å². The lowest BCUT2D eigenvalue weighted by atomic mass is 10.2. The average molecular weight is 309 g/mol. The van der Waals surface area contributed by atoms with Crippen LogP contribution < -0.4 is 5.32 Å². The van der Waals surface area contributed by atoms with Gasteiger partial charge in [0.05, 0.1) is 12.2 Å². The van der Waals surface area contributed by atoms with Gasteiger partial charge in [-0.25, -0.2) is 4.98 Å². The van der Waals surface area contributed by atoms with E-state index in [1.807, 2.05) is 5.38 Å². The molecule has 0 unspecified atom stereocenters. The smallest absolute Gasteiger partial charge is 0.310 e. The van der Waals surface area contributed by atoms with Gasteiger partial charge in [0, 0.05) is 18.5 Å². The number of alkyl halides is 3. The van der Waals surface area contributed by atoms with Crippen LogP contribution in [0.15, 0.2) is 5.38 Å². The predicted molar refractivity (Wildman–Crippen MR) is 75.7 cm³/mol. The van der Waals surface area contributed by atoms with Gasteiger partial charge in [0.2, 0.25) is 0 Å². The van der Waals surface area contributed by atoms with E-state index in [0.29, 0.717) is 24.7 Å². The lowest BCUT2D eigenvalue weighted by Crippen LogP contribution is -2.33. The van der Waals surface area contributed by atoms with Crippen LogP contribution in [0.1, 0.15) is 31.5 Å². The van der Waals surface area contributed by atoms with Crippen molar-refractivity contribution in [2.75, 3.05) is 19.6 Å². The first-order valence-electron chi connectivity index (χ1n) is 6.73. The summed E-state index contributed by atoms with van der Waals surface area (Å²) >= 11 is 1.49. The van der Waals surface area contributed by atoms with Crippen LogP contribution in [0.25, 0.3) is 0 Å². The number of halogens is 3. The van der Waals surface area contributed by atoms with Crippen LogP contribution in [-0.2, 0) is 13.1 Å². The molecule has 0 amide bonds. The number of thiazole rings is 1. The largest absolute Gasteiger partial charge is 0.401 e. The summed E-state index contributed by atoms with van der Waals surface area (Å²) in [6.45, 7) is 7.27. The maximum absolute atomic E-state index is 12.4. The third-order valence-electron chi connectivity index (χ3n) is 2.66. The quantitative estimate of drug-likeness (QED) is 0.799. The minimum Gasteiger partial charge on any atom is -0.310 e. The summed E-state index contributed by atoms with van der Waals surface area (Å²) in [6.07, 6.45) is -4.16. The molecule has 1 heterocycles. The Morgan fingerprint density at radius 2 is 2.10 bits per heavy atom. The normalized spacial score (nSPS) is 12.6. The van der Waals surface area contributed by atoms with Gasteiger partial charge in [-0.3, -0.25) is 4.90 Å². The number of nitrogens with zero attached hydrogens (tertiary/aromatic N) is 2. The molecule has 0 aliphatic heterocycles. The summed E-state index contributed by atoms with van der Waals surface area (Å²) < 4.78 is 37.1. The molecule has 1 N–H and O–H groups in total. The lowest BCUT2D eigenvalue weighted by molar-refractivity contribution is -0.146. The molecule has 0 radical (unpaired) electrons. The molecule has 0 aliphatic rings. The van der Waals surface area contributed by atoms with Crippen molar-refractivity contribution in [3.8, 4) is 0 Å². The summed E-state index contributed by atoms with van der Waals surface area (Å²) in [5.74, 6) is 0.566. The SMILES string of the molecule is CCN(Cc1csc(CNCC(C)C)n1)CC(F)(F)F. The zero-order valence-electron chi connectivity index (χ0n) is 12.1. The molecule has 1 rings (SSSR count). The third kappa shape index (κ3) is 7.21. The molecule has 0 spiro atoms. The molecule has 0 saturated carbocycles. The highest BCUT2D eigenvalue weighted by Crippen LogP contribution is 2.18. The van der Waals surface area contributed by atoms with Gasteiger partial charge in [0.25, 0.3) is 0 Å². The van der Waals surface area contributed by atoms with Gasteiger partial charge in [-0.2, -0.15) is 13.2 Å². The van der Waals surface area contributed by atoms with Gasteiger partial charge >= 0.3 is 6.18 Å². The molecular formula is C13H22F3N3S. The highest BCUT2D eigenvalue weighted by molar-refractivity contribution is 7.09. The van der Waals surface area contributed by atoms with Crippen molar-refractivity contribution >= 4 is 11.3 Å². The van der Waals surface area contributed by atoms with Gasteiger partial charge in [0.1, 0.15) is 5.01 Å². The maximum atomic E-state index is 12.4. The second-order valence-electron chi connectivity index (χ2n) is 5.18. The molecule has 0 aromatic carbocycles. The fraction of sp³-hybridized carbons (Fsp3) is 0.769. The van der Waals surface area contributed by atoms with Crippen LogP contribution >= 0.6 is 11.3 Å². The first-order valence-corrected chi connectivity index (χ1v) is 7.61. The number of nitrogens with one attached hydrogen (secondary N) is 1. The van der Waals surface area contributed by atoms with Crippen molar-refractivity contribution in [2.45, 2.75) is 40.0 Å². The third-order valence-corrected chi connectivity index (χ3v) is 3.56. The zero-order chi connectivity index (χ0) is 15.2. The van der Waals surface area contributed by atoms with E-state index in [4.69, 9.17) is 0 Å². The standard InChI is InChI=1S/C13H22F3N3S/c1-4-19(9-13(14,15)16)7-11-8-20-12(18-11)6-17-5-10(2)3/h8,10,17H,4-7,9H2,1-3H3. The van der Waals surface area contributed by atoms with Gasteiger partial charge in [-0.15, -0.1) is 11.3 Å². The lowest BCUT2D eigenvalue weighted by Gasteiger charge is -2.20. The monoisotopic (exact) mass is 309 g/mol. The van der Waals surface area contributed by atoms with Crippen molar-refractivity contribution in [1.29, 1.82) is 0 Å². The molecule has 1 aromatic heterocycles. The second-order valence-corrected chi connectivity index (χ2v) is 6.12. The molecule has 0 aliphatic carbocycles. The van der Waals surface area contributed by atoms with Crippen molar-refractivity contribution in [3.05, 3.63) is 16.1 Å². The minimum absolute atomic E-state index is 0.247. The number of aromatic nitrogens is 1. The van der Waals surface area contributed by atoms with E-state index in [1.165, 1.54) is 16.2 Å². The summed E-state index contributed by atoms with van der Waals surface area (Å²) in [5.41, 5.74) is 0.711. The zero-order valence-corrected chi connectivity index (χ0v) is 12.9. The van der Waals surface area contributed by atoms with Gasteiger partial charge in [0.15, 0.2) is 0 Å². The van der Waals surface area contributed by atoms with Crippen molar-refractivity contribution in [1.82, 2.24) is 15.2 Å². The average Bonchev–Trinajstić information content (AvgIpc) is 2.73. The molecule has 0 fully saturated rings. The van der Waals surface area contributed by atoms with Crippen LogP contribution in [0.4, 0.5) is 13.2 Å². The number of hydrogen-bond donors (Lipinski definition) is 1. The number of rotatable bonds is 8. The van der Waals surface area contributed by atoms with E-state index in [2.05, 4.69) is 24.1 Å². The Morgan fingerprint density at radius 1 is 1.40 bits per heavy atom. The molecule has 7 heteroatoms. The van der Waals surface area contributed by atoms with Crippen LogP contribution in [0.5, 0.6) is 0 Å². The Bertz CT molecular complexity index is 390. The first kappa shape index (κ1) is 17.4. The fourth-order valence-electron chi connectivity index (χ4n) is 1.73. The Hall–Kier alpha value is -0.660. The summed E-state index contributed by atoms with van der Waals surface area (Å²) in [4.78, 5) is 5.72. The molecule has 20 heavy (non-hydrogen) atoms. The van der Waals surface area contributed by atoms with Crippen LogP contribution in [0, 0.1) is 5.92 Å². The van der Waals surface area contributed by atoms with Crippen molar-refractivity contribution < 1.29 is 13.2 Å². The van der Waals surface area contributed by atoms with Gasteiger partial charge in [-0.05, 0) is 19.0 Å². The van der Waals surface area contributed by atoms with E-state index in [-0.39, 0.29) is 6.54 Å². The fourth-order valence-corrected chi connectivity index (χ4v) is 2.49. The molecule has 1 aromatic rings. The Labute approximate surface area is 122 Å². The summed E-state index contributed by atoms with van der Waals surface area (Å²) in [5, 5.41) is 6.03. The summed E-state index contributed by atoms with van der Waals surface area (Å²) in [7, 11) is 0. The van der Waals surface area contributed by atoms with E-state index < -0.39 is 12.7 Å². The highest BCUT2D eigenvalue weighted by Gasteiger charge is 2.30.